The van der Waals surface area contributed by atoms with E-state index in [-0.39, 0.29) is 6.54 Å². The second-order valence-electron chi connectivity index (χ2n) is 4.70. The van der Waals surface area contributed by atoms with Crippen molar-refractivity contribution < 1.29 is 9.90 Å². The fourth-order valence-electron chi connectivity index (χ4n) is 2.41. The van der Waals surface area contributed by atoms with Crippen molar-refractivity contribution >= 4 is 11.8 Å². The predicted molar refractivity (Wildman–Crippen MR) is 69.7 cm³/mol. The van der Waals surface area contributed by atoms with Gasteiger partial charge in [-0.1, -0.05) is 6.07 Å². The Hall–Kier alpha value is -1.62. The van der Waals surface area contributed by atoms with Gasteiger partial charge in [0.15, 0.2) is 0 Å². The van der Waals surface area contributed by atoms with Crippen molar-refractivity contribution in [3.05, 3.63) is 24.4 Å². The summed E-state index contributed by atoms with van der Waals surface area (Å²) in [7, 11) is 2.06. The summed E-state index contributed by atoms with van der Waals surface area (Å²) in [6, 6.07) is 6.35. The zero-order valence-electron chi connectivity index (χ0n) is 10.6. The Morgan fingerprint density at radius 1 is 1.50 bits per heavy atom. The molecule has 18 heavy (non-hydrogen) atoms. The number of aliphatic carboxylic acids is 1. The maximum Gasteiger partial charge on any atom is 0.317 e. The number of nitrogens with zero attached hydrogens (tertiary/aromatic N) is 3. The molecule has 1 aliphatic heterocycles. The lowest BCUT2D eigenvalue weighted by atomic mass is 10.0. The number of pyridine rings is 1. The van der Waals surface area contributed by atoms with Gasteiger partial charge < -0.3 is 10.0 Å². The first-order valence-corrected chi connectivity index (χ1v) is 6.25. The highest BCUT2D eigenvalue weighted by Gasteiger charge is 2.23. The van der Waals surface area contributed by atoms with Gasteiger partial charge in [-0.15, -0.1) is 0 Å². The van der Waals surface area contributed by atoms with Crippen LogP contribution in [0.5, 0.6) is 0 Å². The molecule has 0 atom stereocenters. The monoisotopic (exact) mass is 249 g/mol. The van der Waals surface area contributed by atoms with Crippen molar-refractivity contribution in [2.45, 2.75) is 18.9 Å². The lowest BCUT2D eigenvalue weighted by Crippen LogP contribution is -2.45. The highest BCUT2D eigenvalue weighted by Crippen LogP contribution is 2.19. The zero-order chi connectivity index (χ0) is 13.0. The van der Waals surface area contributed by atoms with Gasteiger partial charge in [-0.05, 0) is 25.0 Å². The summed E-state index contributed by atoms with van der Waals surface area (Å²) in [4.78, 5) is 19.2. The molecule has 1 fully saturated rings. The summed E-state index contributed by atoms with van der Waals surface area (Å²) in [5, 5.41) is 8.76. The second-order valence-corrected chi connectivity index (χ2v) is 4.70. The van der Waals surface area contributed by atoms with Crippen LogP contribution in [0, 0.1) is 0 Å². The molecule has 0 aliphatic carbocycles. The second kappa shape index (κ2) is 5.82. The van der Waals surface area contributed by atoms with E-state index in [2.05, 4.69) is 16.9 Å². The van der Waals surface area contributed by atoms with Crippen molar-refractivity contribution in [3.63, 3.8) is 0 Å². The number of carbonyl (C=O) groups is 1. The number of carboxylic acids is 1. The summed E-state index contributed by atoms with van der Waals surface area (Å²) >= 11 is 0. The van der Waals surface area contributed by atoms with Gasteiger partial charge in [-0.25, -0.2) is 4.98 Å². The fourth-order valence-corrected chi connectivity index (χ4v) is 2.41. The van der Waals surface area contributed by atoms with Crippen molar-refractivity contribution in [1.82, 2.24) is 9.88 Å². The summed E-state index contributed by atoms with van der Waals surface area (Å²) in [5.74, 6) is 0.237. The Kier molecular flexibility index (Phi) is 4.15. The van der Waals surface area contributed by atoms with E-state index in [1.807, 2.05) is 23.1 Å². The minimum absolute atomic E-state index is 0.153. The SMILES string of the molecule is CN(c1ccccn1)C1CCN(CC(=O)O)CC1. The highest BCUT2D eigenvalue weighted by atomic mass is 16.4. The van der Waals surface area contributed by atoms with Gasteiger partial charge in [-0.3, -0.25) is 9.69 Å². The van der Waals surface area contributed by atoms with Crippen LogP contribution in [0.2, 0.25) is 0 Å². The van der Waals surface area contributed by atoms with Gasteiger partial charge in [0.2, 0.25) is 0 Å². The third-order valence-electron chi connectivity index (χ3n) is 3.47. The summed E-state index contributed by atoms with van der Waals surface area (Å²) in [5.41, 5.74) is 0. The maximum absolute atomic E-state index is 10.6. The smallest absolute Gasteiger partial charge is 0.317 e. The number of carboxylic acid groups (broad SMARTS) is 1. The zero-order valence-corrected chi connectivity index (χ0v) is 10.6. The lowest BCUT2D eigenvalue weighted by Gasteiger charge is -2.36. The van der Waals surface area contributed by atoms with Crippen LogP contribution in [0.15, 0.2) is 24.4 Å². The van der Waals surface area contributed by atoms with Crippen LogP contribution >= 0.6 is 0 Å². The first-order chi connectivity index (χ1) is 8.66. The van der Waals surface area contributed by atoms with E-state index in [1.165, 1.54) is 0 Å². The van der Waals surface area contributed by atoms with E-state index in [0.717, 1.165) is 31.7 Å². The number of hydrogen-bond donors (Lipinski definition) is 1. The molecular formula is C13H19N3O2. The predicted octanol–water partition coefficient (Wildman–Crippen LogP) is 1.07. The third-order valence-corrected chi connectivity index (χ3v) is 3.47. The highest BCUT2D eigenvalue weighted by molar-refractivity contribution is 5.69. The van der Waals surface area contributed by atoms with Gasteiger partial charge in [0.25, 0.3) is 0 Å². The molecule has 0 amide bonds. The van der Waals surface area contributed by atoms with Gasteiger partial charge in [0, 0.05) is 32.4 Å². The van der Waals surface area contributed by atoms with Crippen LogP contribution in [0.3, 0.4) is 0 Å². The molecule has 2 heterocycles. The summed E-state index contributed by atoms with van der Waals surface area (Å²) < 4.78 is 0. The van der Waals surface area contributed by atoms with Crippen LogP contribution in [0.1, 0.15) is 12.8 Å². The van der Waals surface area contributed by atoms with Crippen molar-refractivity contribution in [2.75, 3.05) is 31.6 Å². The van der Waals surface area contributed by atoms with Crippen LogP contribution in [0.25, 0.3) is 0 Å². The van der Waals surface area contributed by atoms with E-state index in [4.69, 9.17) is 5.11 Å². The maximum atomic E-state index is 10.6. The number of anilines is 1. The summed E-state index contributed by atoms with van der Waals surface area (Å²) in [6.45, 7) is 1.84. The number of hydrogen-bond acceptors (Lipinski definition) is 4. The quantitative estimate of drug-likeness (QED) is 0.865. The van der Waals surface area contributed by atoms with Crippen LogP contribution in [-0.4, -0.2) is 53.7 Å². The van der Waals surface area contributed by atoms with E-state index in [9.17, 15) is 4.79 Å². The molecule has 0 unspecified atom stereocenters. The number of aromatic nitrogens is 1. The number of rotatable bonds is 4. The molecule has 0 spiro atoms. The van der Waals surface area contributed by atoms with E-state index < -0.39 is 5.97 Å². The van der Waals surface area contributed by atoms with Crippen molar-refractivity contribution in [3.8, 4) is 0 Å². The Labute approximate surface area is 107 Å². The normalized spacial score (nSPS) is 17.6. The fraction of sp³-hybridized carbons (Fsp3) is 0.538. The average Bonchev–Trinajstić information content (AvgIpc) is 2.39. The van der Waals surface area contributed by atoms with E-state index in [0.29, 0.717) is 6.04 Å². The third kappa shape index (κ3) is 3.20. The lowest BCUT2D eigenvalue weighted by molar-refractivity contribution is -0.138. The Bertz CT molecular complexity index is 388. The van der Waals surface area contributed by atoms with Crippen molar-refractivity contribution in [2.24, 2.45) is 0 Å². The molecule has 1 saturated heterocycles. The summed E-state index contributed by atoms with van der Waals surface area (Å²) in [6.07, 6.45) is 3.77. The number of piperidine rings is 1. The molecule has 1 aliphatic rings. The first kappa shape index (κ1) is 12.8. The molecule has 1 aromatic rings. The van der Waals surface area contributed by atoms with E-state index in [1.54, 1.807) is 6.20 Å². The first-order valence-electron chi connectivity index (χ1n) is 6.25. The molecule has 5 heteroatoms. The molecular weight excluding hydrogens is 230 g/mol. The molecule has 0 radical (unpaired) electrons. The van der Waals surface area contributed by atoms with Crippen molar-refractivity contribution in [1.29, 1.82) is 0 Å². The standard InChI is InChI=1S/C13H19N3O2/c1-15(12-4-2-3-7-14-12)11-5-8-16(9-6-11)10-13(17)18/h2-4,7,11H,5-6,8-10H2,1H3,(H,17,18). The molecule has 0 aromatic carbocycles. The molecule has 0 bridgehead atoms. The average molecular weight is 249 g/mol. The van der Waals surface area contributed by atoms with Gasteiger partial charge >= 0.3 is 5.97 Å². The Morgan fingerprint density at radius 3 is 2.78 bits per heavy atom. The molecule has 5 nitrogen and oxygen atoms in total. The van der Waals surface area contributed by atoms with Gasteiger partial charge in [-0.2, -0.15) is 0 Å². The van der Waals surface area contributed by atoms with Gasteiger partial charge in [0.05, 0.1) is 6.54 Å². The van der Waals surface area contributed by atoms with Crippen LogP contribution in [0.4, 0.5) is 5.82 Å². The molecule has 0 saturated carbocycles. The van der Waals surface area contributed by atoms with Crippen LogP contribution < -0.4 is 4.90 Å². The largest absolute Gasteiger partial charge is 0.480 e. The van der Waals surface area contributed by atoms with Crippen LogP contribution in [-0.2, 0) is 4.79 Å². The number of likely N-dealkylation sites (tertiary alicyclic amines) is 1. The Balaban J connectivity index is 1.88. The molecule has 1 N–H and O–H groups in total. The van der Waals surface area contributed by atoms with Gasteiger partial charge in [0.1, 0.15) is 5.82 Å². The Morgan fingerprint density at radius 2 is 2.22 bits per heavy atom. The minimum Gasteiger partial charge on any atom is -0.480 e. The topological polar surface area (TPSA) is 56.7 Å². The molecule has 1 aromatic heterocycles. The minimum atomic E-state index is -0.744. The molecule has 2 rings (SSSR count). The molecule has 98 valence electrons. The van der Waals surface area contributed by atoms with E-state index >= 15 is 0 Å².